The van der Waals surface area contributed by atoms with Gasteiger partial charge in [-0.05, 0) is 43.7 Å². The van der Waals surface area contributed by atoms with Crippen LogP contribution >= 0.6 is 0 Å². The van der Waals surface area contributed by atoms with Gasteiger partial charge in [-0.1, -0.05) is 11.2 Å². The van der Waals surface area contributed by atoms with E-state index in [-0.39, 0.29) is 33.7 Å². The second-order valence-corrected chi connectivity index (χ2v) is 7.83. The Bertz CT molecular complexity index is 1220. The Labute approximate surface area is 162 Å². The van der Waals surface area contributed by atoms with Crippen molar-refractivity contribution in [3.63, 3.8) is 0 Å². The molecule has 0 spiro atoms. The average Bonchev–Trinajstić information content (AvgIpc) is 2.95. The van der Waals surface area contributed by atoms with Crippen LogP contribution in [-0.4, -0.2) is 13.6 Å². The third kappa shape index (κ3) is 3.87. The fourth-order valence-electron chi connectivity index (χ4n) is 2.95. The van der Waals surface area contributed by atoms with Crippen molar-refractivity contribution < 1.29 is 34.9 Å². The predicted molar refractivity (Wildman–Crippen MR) is 93.1 cm³/mol. The van der Waals surface area contributed by atoms with E-state index in [2.05, 4.69) is 5.16 Å². The van der Waals surface area contributed by atoms with Crippen molar-refractivity contribution in [2.45, 2.75) is 24.9 Å². The number of sulfonamides is 1. The fraction of sp³-hybridized carbons (Fsp3) is 0.167. The highest BCUT2D eigenvalue weighted by molar-refractivity contribution is 7.89. The molecule has 0 saturated carbocycles. The molecule has 0 atom stereocenters. The van der Waals surface area contributed by atoms with Crippen molar-refractivity contribution in [2.24, 2.45) is 5.14 Å². The van der Waals surface area contributed by atoms with Crippen molar-refractivity contribution in [2.75, 3.05) is 0 Å². The Morgan fingerprint density at radius 3 is 2.24 bits per heavy atom. The Hall–Kier alpha value is -2.79. The van der Waals surface area contributed by atoms with Gasteiger partial charge >= 0.3 is 6.18 Å². The van der Waals surface area contributed by atoms with Gasteiger partial charge < -0.3 is 4.52 Å². The smallest absolute Gasteiger partial charge is 0.360 e. The van der Waals surface area contributed by atoms with Crippen LogP contribution in [0, 0.1) is 25.5 Å². The van der Waals surface area contributed by atoms with E-state index < -0.39 is 38.3 Å². The molecule has 1 aromatic heterocycles. The Morgan fingerprint density at radius 2 is 1.69 bits per heavy atom. The molecule has 0 aliphatic heterocycles. The van der Waals surface area contributed by atoms with Crippen molar-refractivity contribution >= 4 is 10.0 Å². The standard InChI is InChI=1S/C18H13F5N2O3S/c1-8-5-10(3-4-12(8)18(21,22)23)17-16(9(2)28-25-17)11-6-14(20)15(7-13(11)19)29(24,26)27/h3-7H,1-2H3,(H2,24,26,27). The lowest BCUT2D eigenvalue weighted by Crippen LogP contribution is -2.14. The minimum Gasteiger partial charge on any atom is -0.360 e. The lowest BCUT2D eigenvalue weighted by Gasteiger charge is -2.12. The molecule has 0 bridgehead atoms. The molecule has 2 aromatic carbocycles. The van der Waals surface area contributed by atoms with Crippen LogP contribution in [0.4, 0.5) is 22.0 Å². The van der Waals surface area contributed by atoms with E-state index in [1.54, 1.807) is 0 Å². The molecule has 29 heavy (non-hydrogen) atoms. The van der Waals surface area contributed by atoms with Gasteiger partial charge in [0.25, 0.3) is 0 Å². The Kier molecular flexibility index (Phi) is 4.99. The minimum atomic E-state index is -4.55. The van der Waals surface area contributed by atoms with Crippen LogP contribution in [0.5, 0.6) is 0 Å². The maximum absolute atomic E-state index is 14.6. The van der Waals surface area contributed by atoms with E-state index >= 15 is 0 Å². The second-order valence-electron chi connectivity index (χ2n) is 6.30. The molecule has 0 aliphatic rings. The number of aryl methyl sites for hydroxylation is 2. The predicted octanol–water partition coefficient (Wildman–Crippen LogP) is 4.57. The van der Waals surface area contributed by atoms with Crippen molar-refractivity contribution in [1.29, 1.82) is 0 Å². The number of rotatable bonds is 3. The first-order valence-corrected chi connectivity index (χ1v) is 9.52. The molecular formula is C18H13F5N2O3S. The van der Waals surface area contributed by atoms with Gasteiger partial charge in [0.1, 0.15) is 28.0 Å². The number of hydrogen-bond donors (Lipinski definition) is 1. The summed E-state index contributed by atoms with van der Waals surface area (Å²) in [6.07, 6.45) is -4.55. The van der Waals surface area contributed by atoms with Gasteiger partial charge in [-0.2, -0.15) is 13.2 Å². The van der Waals surface area contributed by atoms with Gasteiger partial charge in [0.15, 0.2) is 0 Å². The number of nitrogens with zero attached hydrogens (tertiary/aromatic N) is 1. The zero-order chi connectivity index (χ0) is 21.7. The summed E-state index contributed by atoms with van der Waals surface area (Å²) in [4.78, 5) is -1.03. The van der Waals surface area contributed by atoms with Crippen LogP contribution in [0.3, 0.4) is 0 Å². The van der Waals surface area contributed by atoms with E-state index in [0.717, 1.165) is 12.1 Å². The van der Waals surface area contributed by atoms with Gasteiger partial charge in [-0.15, -0.1) is 0 Å². The molecule has 0 unspecified atom stereocenters. The van der Waals surface area contributed by atoms with Crippen LogP contribution in [0.1, 0.15) is 16.9 Å². The molecule has 0 aliphatic carbocycles. The molecule has 0 fully saturated rings. The van der Waals surface area contributed by atoms with Gasteiger partial charge in [-0.25, -0.2) is 22.3 Å². The minimum absolute atomic E-state index is 0.0264. The fourth-order valence-corrected chi connectivity index (χ4v) is 3.55. The van der Waals surface area contributed by atoms with E-state index in [1.807, 2.05) is 0 Å². The number of halogens is 5. The van der Waals surface area contributed by atoms with E-state index in [4.69, 9.17) is 9.66 Å². The number of benzene rings is 2. The monoisotopic (exact) mass is 432 g/mol. The maximum atomic E-state index is 14.6. The van der Waals surface area contributed by atoms with Gasteiger partial charge in [-0.3, -0.25) is 0 Å². The molecule has 5 nitrogen and oxygen atoms in total. The Morgan fingerprint density at radius 1 is 1.03 bits per heavy atom. The normalized spacial score (nSPS) is 12.4. The summed E-state index contributed by atoms with van der Waals surface area (Å²) in [5.41, 5.74) is -1.20. The third-order valence-electron chi connectivity index (χ3n) is 4.27. The average molecular weight is 432 g/mol. The number of nitrogens with two attached hydrogens (primary N) is 1. The van der Waals surface area contributed by atoms with Gasteiger partial charge in [0, 0.05) is 11.1 Å². The van der Waals surface area contributed by atoms with E-state index in [0.29, 0.717) is 12.1 Å². The summed E-state index contributed by atoms with van der Waals surface area (Å²) >= 11 is 0. The first-order valence-electron chi connectivity index (χ1n) is 7.97. The number of primary sulfonamides is 1. The highest BCUT2D eigenvalue weighted by atomic mass is 32.2. The molecule has 0 saturated heterocycles. The molecule has 0 amide bonds. The molecule has 0 radical (unpaired) electrons. The summed E-state index contributed by atoms with van der Waals surface area (Å²) < 4.78 is 95.5. The number of hydrogen-bond acceptors (Lipinski definition) is 4. The summed E-state index contributed by atoms with van der Waals surface area (Å²) in [7, 11) is -4.50. The zero-order valence-corrected chi connectivity index (χ0v) is 15.8. The van der Waals surface area contributed by atoms with E-state index in [9.17, 15) is 30.4 Å². The molecule has 1 heterocycles. The molecule has 2 N–H and O–H groups in total. The van der Waals surface area contributed by atoms with Gasteiger partial charge in [0.2, 0.25) is 10.0 Å². The van der Waals surface area contributed by atoms with Crippen LogP contribution < -0.4 is 5.14 Å². The van der Waals surface area contributed by atoms with E-state index in [1.165, 1.54) is 19.9 Å². The molecule has 3 rings (SSSR count). The summed E-state index contributed by atoms with van der Waals surface area (Å²) in [5.74, 6) is -2.36. The lowest BCUT2D eigenvalue weighted by molar-refractivity contribution is -0.138. The SMILES string of the molecule is Cc1cc(-c2noc(C)c2-c2cc(F)c(S(N)(=O)=O)cc2F)ccc1C(F)(F)F. The van der Waals surface area contributed by atoms with Gasteiger partial charge in [0.05, 0.1) is 11.1 Å². The van der Waals surface area contributed by atoms with Crippen molar-refractivity contribution in [3.8, 4) is 22.4 Å². The highest BCUT2D eigenvalue weighted by Gasteiger charge is 2.32. The summed E-state index contributed by atoms with van der Waals surface area (Å²) in [6.45, 7) is 2.65. The largest absolute Gasteiger partial charge is 0.416 e. The molecular weight excluding hydrogens is 419 g/mol. The third-order valence-corrected chi connectivity index (χ3v) is 5.19. The molecule has 3 aromatic rings. The quantitative estimate of drug-likeness (QED) is 0.615. The first kappa shape index (κ1) is 20.9. The number of aromatic nitrogens is 1. The van der Waals surface area contributed by atoms with Crippen molar-refractivity contribution in [3.05, 3.63) is 58.9 Å². The lowest BCUT2D eigenvalue weighted by atomic mass is 9.96. The van der Waals surface area contributed by atoms with Crippen LogP contribution in [-0.2, 0) is 16.2 Å². The number of alkyl halides is 3. The van der Waals surface area contributed by atoms with Crippen LogP contribution in [0.15, 0.2) is 39.8 Å². The molecule has 154 valence electrons. The van der Waals surface area contributed by atoms with Crippen LogP contribution in [0.2, 0.25) is 0 Å². The Balaban J connectivity index is 2.20. The summed E-state index contributed by atoms with van der Waals surface area (Å²) in [6, 6.07) is 4.21. The summed E-state index contributed by atoms with van der Waals surface area (Å²) in [5, 5.41) is 8.60. The maximum Gasteiger partial charge on any atom is 0.416 e. The second kappa shape index (κ2) is 6.92. The topological polar surface area (TPSA) is 86.2 Å². The first-order chi connectivity index (χ1) is 13.3. The molecule has 11 heteroatoms. The van der Waals surface area contributed by atoms with Crippen LogP contribution in [0.25, 0.3) is 22.4 Å². The highest BCUT2D eigenvalue weighted by Crippen LogP contribution is 2.39. The zero-order valence-electron chi connectivity index (χ0n) is 14.9. The van der Waals surface area contributed by atoms with Crippen molar-refractivity contribution in [1.82, 2.24) is 5.16 Å².